The molecule has 1 amide bonds. The standard InChI is InChI=1S/C14H22N2O2S2/c1-4-14(2)13(17)16(7-5-9-20(3)18)12(15-14)11-6-8-19-10-11/h6,8,10,12,15H,4-5,7,9H2,1-3H3. The highest BCUT2D eigenvalue weighted by molar-refractivity contribution is 7.84. The number of amides is 1. The lowest BCUT2D eigenvalue weighted by atomic mass is 9.99. The molecule has 2 heterocycles. The summed E-state index contributed by atoms with van der Waals surface area (Å²) in [4.78, 5) is 14.5. The van der Waals surface area contributed by atoms with Crippen molar-refractivity contribution in [3.05, 3.63) is 22.4 Å². The minimum atomic E-state index is -0.802. The third-order valence-corrected chi connectivity index (χ3v) is 5.46. The van der Waals surface area contributed by atoms with Crippen LogP contribution in [0.15, 0.2) is 16.8 Å². The molecule has 6 heteroatoms. The van der Waals surface area contributed by atoms with Gasteiger partial charge in [-0.2, -0.15) is 11.3 Å². The summed E-state index contributed by atoms with van der Waals surface area (Å²) in [6.07, 6.45) is 3.19. The molecular weight excluding hydrogens is 292 g/mol. The van der Waals surface area contributed by atoms with E-state index < -0.39 is 16.3 Å². The van der Waals surface area contributed by atoms with Crippen LogP contribution in [0.5, 0.6) is 0 Å². The number of carbonyl (C=O) groups is 1. The summed E-state index contributed by atoms with van der Waals surface area (Å²) in [7, 11) is -0.802. The average Bonchev–Trinajstić information content (AvgIpc) is 3.00. The van der Waals surface area contributed by atoms with Gasteiger partial charge in [-0.05, 0) is 42.2 Å². The van der Waals surface area contributed by atoms with Crippen LogP contribution in [-0.4, -0.2) is 39.1 Å². The van der Waals surface area contributed by atoms with Gasteiger partial charge in [0.05, 0.1) is 5.54 Å². The molecule has 1 N–H and O–H groups in total. The summed E-state index contributed by atoms with van der Waals surface area (Å²) in [6.45, 7) is 4.65. The Morgan fingerprint density at radius 2 is 2.30 bits per heavy atom. The first-order valence-corrected chi connectivity index (χ1v) is 9.56. The molecule has 1 aliphatic rings. The number of rotatable bonds is 6. The second-order valence-electron chi connectivity index (χ2n) is 5.42. The molecule has 0 saturated carbocycles. The molecule has 0 aromatic carbocycles. The quantitative estimate of drug-likeness (QED) is 0.875. The summed E-state index contributed by atoms with van der Waals surface area (Å²) < 4.78 is 11.2. The van der Waals surface area contributed by atoms with E-state index in [2.05, 4.69) is 16.8 Å². The third kappa shape index (κ3) is 3.13. The molecule has 20 heavy (non-hydrogen) atoms. The van der Waals surface area contributed by atoms with Gasteiger partial charge in [0.15, 0.2) is 0 Å². The lowest BCUT2D eigenvalue weighted by molar-refractivity contribution is -0.133. The first-order valence-electron chi connectivity index (χ1n) is 6.89. The van der Waals surface area contributed by atoms with Crippen LogP contribution in [0.1, 0.15) is 38.4 Å². The highest BCUT2D eigenvalue weighted by Crippen LogP contribution is 2.33. The maximum atomic E-state index is 12.6. The van der Waals surface area contributed by atoms with Crippen molar-refractivity contribution in [2.24, 2.45) is 0 Å². The molecule has 112 valence electrons. The SMILES string of the molecule is CCC1(C)NC(c2ccsc2)N(CCCS(C)=O)C1=O. The van der Waals surface area contributed by atoms with Crippen molar-refractivity contribution in [1.29, 1.82) is 0 Å². The second-order valence-corrected chi connectivity index (χ2v) is 7.75. The van der Waals surface area contributed by atoms with E-state index in [0.717, 1.165) is 18.4 Å². The zero-order chi connectivity index (χ0) is 14.8. The Kier molecular flexibility index (Phi) is 4.99. The lowest BCUT2D eigenvalue weighted by Crippen LogP contribution is -2.43. The fourth-order valence-corrected chi connectivity index (χ4v) is 3.71. The Balaban J connectivity index is 2.15. The molecule has 1 aromatic rings. The highest BCUT2D eigenvalue weighted by Gasteiger charge is 2.46. The van der Waals surface area contributed by atoms with Gasteiger partial charge in [0.1, 0.15) is 6.17 Å². The van der Waals surface area contributed by atoms with E-state index >= 15 is 0 Å². The monoisotopic (exact) mass is 314 g/mol. The molecule has 1 aromatic heterocycles. The Morgan fingerprint density at radius 1 is 1.55 bits per heavy atom. The molecule has 1 fully saturated rings. The van der Waals surface area contributed by atoms with Gasteiger partial charge in [-0.1, -0.05) is 6.92 Å². The lowest BCUT2D eigenvalue weighted by Gasteiger charge is -2.23. The van der Waals surface area contributed by atoms with Crippen molar-refractivity contribution in [2.45, 2.75) is 38.4 Å². The van der Waals surface area contributed by atoms with Crippen molar-refractivity contribution in [3.63, 3.8) is 0 Å². The largest absolute Gasteiger partial charge is 0.321 e. The summed E-state index contributed by atoms with van der Waals surface area (Å²) >= 11 is 1.64. The van der Waals surface area contributed by atoms with E-state index in [1.165, 1.54) is 0 Å². The molecule has 1 saturated heterocycles. The van der Waals surface area contributed by atoms with Crippen LogP contribution in [0.25, 0.3) is 0 Å². The zero-order valence-electron chi connectivity index (χ0n) is 12.2. The van der Waals surface area contributed by atoms with Crippen LogP contribution >= 0.6 is 11.3 Å². The summed E-state index contributed by atoms with van der Waals surface area (Å²) in [5, 5.41) is 7.58. The molecule has 0 bridgehead atoms. The van der Waals surface area contributed by atoms with Crippen LogP contribution in [0.4, 0.5) is 0 Å². The van der Waals surface area contributed by atoms with Gasteiger partial charge >= 0.3 is 0 Å². The maximum Gasteiger partial charge on any atom is 0.244 e. The predicted octanol–water partition coefficient (Wildman–Crippen LogP) is 2.12. The van der Waals surface area contributed by atoms with E-state index in [-0.39, 0.29) is 12.1 Å². The summed E-state index contributed by atoms with van der Waals surface area (Å²) in [5.74, 6) is 0.793. The Labute approximate surface area is 127 Å². The van der Waals surface area contributed by atoms with Crippen molar-refractivity contribution in [3.8, 4) is 0 Å². The summed E-state index contributed by atoms with van der Waals surface area (Å²) in [5.41, 5.74) is 0.649. The molecule has 0 radical (unpaired) electrons. The Bertz CT molecular complexity index is 489. The highest BCUT2D eigenvalue weighted by atomic mass is 32.2. The van der Waals surface area contributed by atoms with Crippen molar-refractivity contribution >= 4 is 28.0 Å². The van der Waals surface area contributed by atoms with Gasteiger partial charge < -0.3 is 4.90 Å². The Hall–Kier alpha value is -0.720. The van der Waals surface area contributed by atoms with E-state index in [9.17, 15) is 9.00 Å². The average molecular weight is 314 g/mol. The maximum absolute atomic E-state index is 12.6. The van der Waals surface area contributed by atoms with Gasteiger partial charge in [-0.25, -0.2) is 0 Å². The second kappa shape index (κ2) is 6.37. The molecule has 3 unspecified atom stereocenters. The number of nitrogens with zero attached hydrogens (tertiary/aromatic N) is 1. The van der Waals surface area contributed by atoms with Crippen LogP contribution in [0.3, 0.4) is 0 Å². The number of hydrogen-bond donors (Lipinski definition) is 1. The van der Waals surface area contributed by atoms with Gasteiger partial charge in [0.25, 0.3) is 0 Å². The van der Waals surface area contributed by atoms with Gasteiger partial charge in [0.2, 0.25) is 5.91 Å². The summed E-state index contributed by atoms with van der Waals surface area (Å²) in [6, 6.07) is 2.06. The number of thiophene rings is 1. The molecular formula is C14H22N2O2S2. The third-order valence-electron chi connectivity index (χ3n) is 3.90. The van der Waals surface area contributed by atoms with E-state index in [0.29, 0.717) is 12.3 Å². The fourth-order valence-electron chi connectivity index (χ4n) is 2.49. The predicted molar refractivity (Wildman–Crippen MR) is 84.2 cm³/mol. The smallest absolute Gasteiger partial charge is 0.244 e. The van der Waals surface area contributed by atoms with Gasteiger partial charge in [0, 0.05) is 29.4 Å². The molecule has 2 rings (SSSR count). The van der Waals surface area contributed by atoms with E-state index in [1.54, 1.807) is 17.6 Å². The molecule has 4 nitrogen and oxygen atoms in total. The Morgan fingerprint density at radius 3 is 2.85 bits per heavy atom. The fraction of sp³-hybridized carbons (Fsp3) is 0.643. The van der Waals surface area contributed by atoms with Crippen LogP contribution in [-0.2, 0) is 15.6 Å². The van der Waals surface area contributed by atoms with Crippen molar-refractivity contribution in [2.75, 3.05) is 18.6 Å². The zero-order valence-corrected chi connectivity index (χ0v) is 13.9. The topological polar surface area (TPSA) is 49.4 Å². The van der Waals surface area contributed by atoms with Gasteiger partial charge in [-0.3, -0.25) is 14.3 Å². The number of nitrogens with one attached hydrogen (secondary N) is 1. The number of carbonyl (C=O) groups excluding carboxylic acids is 1. The number of hydrogen-bond acceptors (Lipinski definition) is 4. The molecule has 1 aliphatic heterocycles. The molecule has 0 aliphatic carbocycles. The van der Waals surface area contributed by atoms with E-state index in [4.69, 9.17) is 0 Å². The minimum Gasteiger partial charge on any atom is -0.321 e. The van der Waals surface area contributed by atoms with Crippen molar-refractivity contribution in [1.82, 2.24) is 10.2 Å². The first-order chi connectivity index (χ1) is 9.48. The van der Waals surface area contributed by atoms with Crippen LogP contribution < -0.4 is 5.32 Å². The van der Waals surface area contributed by atoms with E-state index in [1.807, 2.05) is 24.1 Å². The minimum absolute atomic E-state index is 0.0519. The van der Waals surface area contributed by atoms with Crippen LogP contribution in [0.2, 0.25) is 0 Å². The molecule has 3 atom stereocenters. The van der Waals surface area contributed by atoms with Crippen LogP contribution in [0, 0.1) is 0 Å². The molecule has 0 spiro atoms. The van der Waals surface area contributed by atoms with Gasteiger partial charge in [-0.15, -0.1) is 0 Å². The normalized spacial score (nSPS) is 28.1. The van der Waals surface area contributed by atoms with Crippen molar-refractivity contribution < 1.29 is 9.00 Å². The first kappa shape index (κ1) is 15.7.